The molecular formula is C21H33N3O2. The van der Waals surface area contributed by atoms with Crippen LogP contribution in [0.3, 0.4) is 0 Å². The Hall–Kier alpha value is -1.10. The molecule has 0 aromatic heterocycles. The predicted octanol–water partition coefficient (Wildman–Crippen LogP) is 3.02. The molecule has 144 valence electrons. The summed E-state index contributed by atoms with van der Waals surface area (Å²) >= 11 is 0. The fourth-order valence-corrected chi connectivity index (χ4v) is 7.23. The summed E-state index contributed by atoms with van der Waals surface area (Å²) in [6.07, 6.45) is 12.6. The molecule has 0 aromatic rings. The number of nitrogens with zero attached hydrogens (tertiary/aromatic N) is 2. The van der Waals surface area contributed by atoms with E-state index in [4.69, 9.17) is 0 Å². The Morgan fingerprint density at radius 3 is 2.35 bits per heavy atom. The van der Waals surface area contributed by atoms with Crippen LogP contribution < -0.4 is 5.32 Å². The standard InChI is InChI=1S/C21H33N3O2/c25-21(22-20-16-6-14-5-15(8-16)9-17(20)7-14)19-10-18(23-26)12-24(19)11-13-3-1-2-4-13/h13-17,19-20,26H,1-12H2,(H,22,25)/t14?,15?,16?,17?,19-,20?/m1/s1. The zero-order valence-corrected chi connectivity index (χ0v) is 15.8. The monoisotopic (exact) mass is 359 g/mol. The summed E-state index contributed by atoms with van der Waals surface area (Å²) in [6, 6.07) is 0.275. The van der Waals surface area contributed by atoms with Crippen LogP contribution in [0, 0.1) is 29.6 Å². The lowest BCUT2D eigenvalue weighted by Gasteiger charge is -2.54. The summed E-state index contributed by atoms with van der Waals surface area (Å²) < 4.78 is 0. The molecule has 5 saturated carbocycles. The van der Waals surface area contributed by atoms with E-state index >= 15 is 0 Å². The first-order valence-corrected chi connectivity index (χ1v) is 10.9. The minimum absolute atomic E-state index is 0.126. The van der Waals surface area contributed by atoms with Gasteiger partial charge in [-0.25, -0.2) is 0 Å². The zero-order valence-electron chi connectivity index (χ0n) is 15.8. The smallest absolute Gasteiger partial charge is 0.238 e. The Kier molecular flexibility index (Phi) is 4.46. The van der Waals surface area contributed by atoms with Crippen LogP contribution in [0.2, 0.25) is 0 Å². The topological polar surface area (TPSA) is 64.9 Å². The second-order valence-corrected chi connectivity index (χ2v) is 9.93. The molecule has 4 bridgehead atoms. The highest BCUT2D eigenvalue weighted by Gasteiger charge is 2.49. The van der Waals surface area contributed by atoms with Crippen molar-refractivity contribution in [2.75, 3.05) is 13.1 Å². The average Bonchev–Trinajstić information content (AvgIpc) is 3.27. The maximum atomic E-state index is 13.2. The van der Waals surface area contributed by atoms with Crippen LogP contribution in [-0.4, -0.2) is 46.9 Å². The van der Waals surface area contributed by atoms with Gasteiger partial charge in [-0.3, -0.25) is 9.69 Å². The molecule has 5 aliphatic carbocycles. The lowest BCUT2D eigenvalue weighted by molar-refractivity contribution is -0.129. The van der Waals surface area contributed by atoms with Gasteiger partial charge in [0.1, 0.15) is 0 Å². The minimum atomic E-state index is -0.126. The van der Waals surface area contributed by atoms with E-state index in [-0.39, 0.29) is 11.9 Å². The lowest BCUT2D eigenvalue weighted by atomic mass is 9.54. The van der Waals surface area contributed by atoms with Crippen molar-refractivity contribution in [3.63, 3.8) is 0 Å². The fourth-order valence-electron chi connectivity index (χ4n) is 7.23. The van der Waals surface area contributed by atoms with E-state index in [2.05, 4.69) is 15.4 Å². The number of hydrogen-bond donors (Lipinski definition) is 2. The number of amides is 1. The summed E-state index contributed by atoms with van der Waals surface area (Å²) in [7, 11) is 0. The first-order valence-electron chi connectivity index (χ1n) is 10.9. The third-order valence-electron chi connectivity index (χ3n) is 8.20. The van der Waals surface area contributed by atoms with Crippen LogP contribution in [0.15, 0.2) is 5.16 Å². The van der Waals surface area contributed by atoms with Crippen LogP contribution >= 0.6 is 0 Å². The van der Waals surface area contributed by atoms with E-state index < -0.39 is 0 Å². The molecule has 6 aliphatic rings. The normalized spacial score (nSPS) is 44.2. The molecule has 0 unspecified atom stereocenters. The highest BCUT2D eigenvalue weighted by molar-refractivity contribution is 5.96. The molecule has 6 rings (SSSR count). The highest BCUT2D eigenvalue weighted by atomic mass is 16.4. The van der Waals surface area contributed by atoms with Crippen molar-refractivity contribution in [2.45, 2.75) is 76.3 Å². The SMILES string of the molecule is O=C(NC1C2CC3CC(C2)CC1C3)[C@H]1CC(=NO)CN1CC1CCCC1. The van der Waals surface area contributed by atoms with Crippen molar-refractivity contribution in [1.29, 1.82) is 0 Å². The number of carbonyl (C=O) groups excluding carboxylic acids is 1. The number of hydrogen-bond acceptors (Lipinski definition) is 4. The predicted molar refractivity (Wildman–Crippen MR) is 100 cm³/mol. The molecule has 1 atom stereocenters. The van der Waals surface area contributed by atoms with E-state index in [1.807, 2.05) is 0 Å². The first-order chi connectivity index (χ1) is 12.7. The Bertz CT molecular complexity index is 556. The van der Waals surface area contributed by atoms with Crippen molar-refractivity contribution in [1.82, 2.24) is 10.2 Å². The average molecular weight is 360 g/mol. The minimum Gasteiger partial charge on any atom is -0.411 e. The van der Waals surface area contributed by atoms with E-state index in [0.717, 1.165) is 24.1 Å². The van der Waals surface area contributed by atoms with Gasteiger partial charge < -0.3 is 10.5 Å². The van der Waals surface area contributed by atoms with Crippen molar-refractivity contribution >= 4 is 11.6 Å². The number of oxime groups is 1. The summed E-state index contributed by atoms with van der Waals surface area (Å²) in [5.41, 5.74) is 0.772. The summed E-state index contributed by atoms with van der Waals surface area (Å²) in [6.45, 7) is 1.64. The van der Waals surface area contributed by atoms with Crippen molar-refractivity contribution in [3.8, 4) is 0 Å². The second-order valence-electron chi connectivity index (χ2n) is 9.93. The number of likely N-dealkylation sites (tertiary alicyclic amines) is 1. The molecule has 5 heteroatoms. The third kappa shape index (κ3) is 3.06. The summed E-state index contributed by atoms with van der Waals surface area (Å²) in [5, 5.41) is 16.2. The van der Waals surface area contributed by atoms with Gasteiger partial charge in [0.15, 0.2) is 0 Å². The molecule has 2 N–H and O–H groups in total. The Morgan fingerprint density at radius 1 is 1.08 bits per heavy atom. The van der Waals surface area contributed by atoms with Gasteiger partial charge in [-0.1, -0.05) is 18.0 Å². The van der Waals surface area contributed by atoms with Crippen LogP contribution in [-0.2, 0) is 4.79 Å². The van der Waals surface area contributed by atoms with Gasteiger partial charge in [-0.2, -0.15) is 0 Å². The van der Waals surface area contributed by atoms with Crippen molar-refractivity contribution in [2.24, 2.45) is 34.7 Å². The van der Waals surface area contributed by atoms with Gasteiger partial charge in [0.05, 0.1) is 11.8 Å². The molecule has 0 radical (unpaired) electrons. The van der Waals surface area contributed by atoms with E-state index in [9.17, 15) is 10.0 Å². The zero-order chi connectivity index (χ0) is 17.7. The fraction of sp³-hybridized carbons (Fsp3) is 0.905. The quantitative estimate of drug-likeness (QED) is 0.599. The molecule has 1 amide bonds. The summed E-state index contributed by atoms with van der Waals surface area (Å²) in [4.78, 5) is 15.5. The van der Waals surface area contributed by atoms with E-state index in [0.29, 0.717) is 36.8 Å². The number of carbonyl (C=O) groups is 1. The number of rotatable bonds is 4. The van der Waals surface area contributed by atoms with E-state index in [1.165, 1.54) is 57.8 Å². The summed E-state index contributed by atoms with van der Waals surface area (Å²) in [5.74, 6) is 4.20. The van der Waals surface area contributed by atoms with E-state index in [1.54, 1.807) is 0 Å². The maximum absolute atomic E-state index is 13.2. The Morgan fingerprint density at radius 2 is 1.73 bits per heavy atom. The highest BCUT2D eigenvalue weighted by Crippen LogP contribution is 2.53. The van der Waals surface area contributed by atoms with Gasteiger partial charge in [0.25, 0.3) is 0 Å². The van der Waals surface area contributed by atoms with Crippen LogP contribution in [0.1, 0.15) is 64.2 Å². The largest absolute Gasteiger partial charge is 0.411 e. The van der Waals surface area contributed by atoms with Crippen LogP contribution in [0.4, 0.5) is 0 Å². The third-order valence-corrected chi connectivity index (χ3v) is 8.20. The Labute approximate surface area is 156 Å². The number of nitrogens with one attached hydrogen (secondary N) is 1. The molecule has 1 aliphatic heterocycles. The molecule has 1 saturated heterocycles. The molecular weight excluding hydrogens is 326 g/mol. The maximum Gasteiger partial charge on any atom is 0.238 e. The van der Waals surface area contributed by atoms with Gasteiger partial charge in [-0.05, 0) is 74.5 Å². The first kappa shape index (κ1) is 17.0. The van der Waals surface area contributed by atoms with Gasteiger partial charge >= 0.3 is 0 Å². The molecule has 1 heterocycles. The molecule has 0 spiro atoms. The van der Waals surface area contributed by atoms with Gasteiger partial charge in [-0.15, -0.1) is 0 Å². The van der Waals surface area contributed by atoms with Gasteiger partial charge in [0, 0.05) is 25.6 Å². The van der Waals surface area contributed by atoms with Crippen LogP contribution in [0.25, 0.3) is 0 Å². The molecule has 26 heavy (non-hydrogen) atoms. The Balaban J connectivity index is 1.26. The van der Waals surface area contributed by atoms with Crippen LogP contribution in [0.5, 0.6) is 0 Å². The molecule has 5 nitrogen and oxygen atoms in total. The lowest BCUT2D eigenvalue weighted by Crippen LogP contribution is -2.58. The van der Waals surface area contributed by atoms with Crippen molar-refractivity contribution < 1.29 is 10.0 Å². The van der Waals surface area contributed by atoms with Crippen molar-refractivity contribution in [3.05, 3.63) is 0 Å². The molecule has 6 fully saturated rings. The molecule has 0 aromatic carbocycles. The second kappa shape index (κ2) is 6.81. The van der Waals surface area contributed by atoms with Gasteiger partial charge in [0.2, 0.25) is 5.91 Å².